The molecule has 4 nitrogen and oxygen atoms in total. The Balaban J connectivity index is 0.00000168. The molecule has 2 aliphatic rings. The van der Waals surface area contributed by atoms with Crippen molar-refractivity contribution in [3.05, 3.63) is 71.3 Å². The van der Waals surface area contributed by atoms with Crippen molar-refractivity contribution in [2.24, 2.45) is 0 Å². The topological polar surface area (TPSA) is 57.4 Å². The number of nitrogens with zero attached hydrogens (tertiary/aromatic N) is 2. The van der Waals surface area contributed by atoms with Gasteiger partial charge in [-0.25, -0.2) is 9.97 Å². The van der Waals surface area contributed by atoms with E-state index in [1.54, 1.807) is 0 Å². The molecule has 0 amide bonds. The van der Waals surface area contributed by atoms with Crippen LogP contribution >= 0.6 is 0 Å². The van der Waals surface area contributed by atoms with Gasteiger partial charge in [0, 0.05) is 44.4 Å². The number of hydrogen-bond acceptors (Lipinski definition) is 2. The Bertz CT molecular complexity index is 1220. The van der Waals surface area contributed by atoms with Gasteiger partial charge in [0.05, 0.1) is 24.1 Å². The zero-order chi connectivity index (χ0) is 16.8. The minimum absolute atomic E-state index is 0. The molecule has 5 rings (SSSR count). The fourth-order valence-electron chi connectivity index (χ4n) is 2.87. The molecular weight excluding hydrogens is 404 g/mol. The standard InChI is InChI=1S/C20H14N4.Ag/c1-2-14-10-16-5-6-18(23-16)12-20-8-7-19(24-20)11-17-4-3-15(22-17)9-13(1)21-14;/h1-12,21-22H;/i1D;. The van der Waals surface area contributed by atoms with Crippen LogP contribution in [0.5, 0.6) is 0 Å². The van der Waals surface area contributed by atoms with E-state index in [9.17, 15) is 0 Å². The average molecular weight is 419 g/mol. The Labute approximate surface area is 161 Å². The van der Waals surface area contributed by atoms with E-state index in [0.717, 1.165) is 44.8 Å². The third-order valence-electron chi connectivity index (χ3n) is 3.96. The monoisotopic (exact) mass is 418 g/mol. The minimum atomic E-state index is 0. The molecular formula is C20H14AgN4. The summed E-state index contributed by atoms with van der Waals surface area (Å²) in [6.45, 7) is 0. The maximum atomic E-state index is 8.15. The van der Waals surface area contributed by atoms with Crippen LogP contribution in [0.15, 0.2) is 48.5 Å². The molecule has 0 spiro atoms. The van der Waals surface area contributed by atoms with Gasteiger partial charge in [0.25, 0.3) is 0 Å². The van der Waals surface area contributed by atoms with Crippen LogP contribution in [0.25, 0.3) is 46.4 Å². The normalized spacial score (nSPS) is 12.7. The summed E-state index contributed by atoms with van der Waals surface area (Å²) in [6.07, 6.45) is 7.91. The second kappa shape index (κ2) is 6.33. The third kappa shape index (κ3) is 3.28. The molecule has 0 aromatic carbocycles. The van der Waals surface area contributed by atoms with Gasteiger partial charge in [0.15, 0.2) is 0 Å². The largest absolute Gasteiger partial charge is 0.355 e. The number of nitrogens with one attached hydrogen (secondary N) is 2. The van der Waals surface area contributed by atoms with Crippen LogP contribution in [-0.4, -0.2) is 19.9 Å². The van der Waals surface area contributed by atoms with Gasteiger partial charge < -0.3 is 9.97 Å². The molecule has 3 aromatic rings. The quantitative estimate of drug-likeness (QED) is 0.359. The van der Waals surface area contributed by atoms with Crippen molar-refractivity contribution in [3.63, 3.8) is 0 Å². The molecule has 1 radical (unpaired) electrons. The third-order valence-corrected chi connectivity index (χ3v) is 3.96. The predicted octanol–water partition coefficient (Wildman–Crippen LogP) is 4.65. The van der Waals surface area contributed by atoms with Crippen LogP contribution in [0.3, 0.4) is 0 Å². The molecule has 3 aromatic heterocycles. The van der Waals surface area contributed by atoms with Gasteiger partial charge in [-0.3, -0.25) is 0 Å². The summed E-state index contributed by atoms with van der Waals surface area (Å²) in [5, 5.41) is 0. The molecule has 0 unspecified atom stereocenters. The van der Waals surface area contributed by atoms with E-state index in [-0.39, 0.29) is 22.4 Å². The molecule has 0 fully saturated rings. The summed E-state index contributed by atoms with van der Waals surface area (Å²) < 4.78 is 8.15. The van der Waals surface area contributed by atoms with Crippen molar-refractivity contribution in [2.45, 2.75) is 0 Å². The van der Waals surface area contributed by atoms with Gasteiger partial charge in [-0.05, 0) is 72.8 Å². The van der Waals surface area contributed by atoms with Crippen LogP contribution in [-0.2, 0) is 22.4 Å². The van der Waals surface area contributed by atoms with Crippen LogP contribution in [0.1, 0.15) is 24.1 Å². The van der Waals surface area contributed by atoms with Crippen LogP contribution in [0, 0.1) is 0 Å². The van der Waals surface area contributed by atoms with Crippen molar-refractivity contribution < 1.29 is 23.8 Å². The molecule has 0 saturated carbocycles. The van der Waals surface area contributed by atoms with E-state index >= 15 is 0 Å². The first-order valence-electron chi connectivity index (χ1n) is 8.26. The Morgan fingerprint density at radius 1 is 0.600 bits per heavy atom. The summed E-state index contributed by atoms with van der Waals surface area (Å²) >= 11 is 0. The summed E-state index contributed by atoms with van der Waals surface area (Å²) in [5.41, 5.74) is 7.04. The van der Waals surface area contributed by atoms with Crippen molar-refractivity contribution in [3.8, 4) is 0 Å². The van der Waals surface area contributed by atoms with Gasteiger partial charge >= 0.3 is 0 Å². The first-order valence-corrected chi connectivity index (χ1v) is 7.76. The average Bonchev–Trinajstić information content (AvgIpc) is 3.33. The van der Waals surface area contributed by atoms with Crippen LogP contribution < -0.4 is 0 Å². The second-order valence-electron chi connectivity index (χ2n) is 5.82. The number of fused-ring (bicyclic) bond motifs is 8. The molecule has 125 valence electrons. The van der Waals surface area contributed by atoms with Crippen LogP contribution in [0.4, 0.5) is 0 Å². The summed E-state index contributed by atoms with van der Waals surface area (Å²) in [7, 11) is 0. The van der Waals surface area contributed by atoms with Gasteiger partial charge in [-0.15, -0.1) is 0 Å². The molecule has 0 atom stereocenters. The SMILES string of the molecule is [2H]c1cc2cc3nc(cc4nc(cc5ccc(cc1[nH]2)[nH]5)C=C4)C=C3.[Ag]. The molecule has 5 heteroatoms. The number of rotatable bonds is 0. The number of H-pyrrole nitrogens is 2. The van der Waals surface area contributed by atoms with Crippen LogP contribution in [0.2, 0.25) is 0 Å². The number of aromatic nitrogens is 4. The molecule has 2 N–H and O–H groups in total. The molecule has 5 heterocycles. The maximum Gasteiger partial charge on any atom is 0.0659 e. The summed E-state index contributed by atoms with van der Waals surface area (Å²) in [6, 6.07) is 14.1. The van der Waals surface area contributed by atoms with Crippen molar-refractivity contribution in [1.82, 2.24) is 19.9 Å². The van der Waals surface area contributed by atoms with E-state index in [4.69, 9.17) is 1.37 Å². The van der Waals surface area contributed by atoms with E-state index in [1.165, 1.54) is 0 Å². The first-order chi connectivity index (χ1) is 12.2. The number of hydrogen-bond donors (Lipinski definition) is 2. The van der Waals surface area contributed by atoms with E-state index in [0.29, 0.717) is 6.04 Å². The zero-order valence-corrected chi connectivity index (χ0v) is 14.5. The Morgan fingerprint density at radius 3 is 1.72 bits per heavy atom. The molecule has 0 saturated heterocycles. The fraction of sp³-hybridized carbons (Fsp3) is 0. The van der Waals surface area contributed by atoms with E-state index in [2.05, 4.69) is 19.9 Å². The predicted molar refractivity (Wildman–Crippen MR) is 98.9 cm³/mol. The van der Waals surface area contributed by atoms with Gasteiger partial charge in [0.1, 0.15) is 0 Å². The second-order valence-corrected chi connectivity index (χ2v) is 5.82. The maximum absolute atomic E-state index is 8.15. The van der Waals surface area contributed by atoms with Gasteiger partial charge in [-0.2, -0.15) is 0 Å². The molecule has 25 heavy (non-hydrogen) atoms. The molecule has 0 aliphatic carbocycles. The van der Waals surface area contributed by atoms with Crippen molar-refractivity contribution in [2.75, 3.05) is 0 Å². The van der Waals surface area contributed by atoms with Gasteiger partial charge in [-0.1, -0.05) is 0 Å². The first kappa shape index (κ1) is 14.7. The summed E-state index contributed by atoms with van der Waals surface area (Å²) in [4.78, 5) is 15.8. The van der Waals surface area contributed by atoms with Crippen molar-refractivity contribution >= 4 is 46.4 Å². The summed E-state index contributed by atoms with van der Waals surface area (Å²) in [5.74, 6) is 0. The molecule has 2 aliphatic heterocycles. The minimum Gasteiger partial charge on any atom is -0.355 e. The van der Waals surface area contributed by atoms with E-state index < -0.39 is 0 Å². The smallest absolute Gasteiger partial charge is 0.0659 e. The number of aromatic amines is 2. The Hall–Kier alpha value is -2.66. The van der Waals surface area contributed by atoms with E-state index in [1.807, 2.05) is 66.8 Å². The molecule has 8 bridgehead atoms. The van der Waals surface area contributed by atoms with Gasteiger partial charge in [0.2, 0.25) is 0 Å². The Kier molecular flexibility index (Phi) is 3.71. The Morgan fingerprint density at radius 2 is 1.08 bits per heavy atom. The fourth-order valence-corrected chi connectivity index (χ4v) is 2.87. The van der Waals surface area contributed by atoms with Crippen molar-refractivity contribution in [1.29, 1.82) is 0 Å². The zero-order valence-electron chi connectivity index (χ0n) is 14.0.